The molecule has 1 N–H and O–H groups in total. The minimum atomic E-state index is -0.105. The van der Waals surface area contributed by atoms with Crippen molar-refractivity contribution in [3.8, 4) is 0 Å². The zero-order valence-corrected chi connectivity index (χ0v) is 19.0. The van der Waals surface area contributed by atoms with Crippen molar-refractivity contribution < 1.29 is 4.79 Å². The smallest absolute Gasteiger partial charge is 0.264 e. The van der Waals surface area contributed by atoms with Gasteiger partial charge in [0.25, 0.3) is 11.5 Å². The van der Waals surface area contributed by atoms with Crippen LogP contribution < -0.4 is 5.56 Å². The van der Waals surface area contributed by atoms with E-state index in [-0.39, 0.29) is 17.4 Å². The maximum atomic E-state index is 12.9. The van der Waals surface area contributed by atoms with Crippen molar-refractivity contribution in [3.63, 3.8) is 0 Å². The van der Waals surface area contributed by atoms with Gasteiger partial charge in [0, 0.05) is 38.2 Å². The molecular weight excluding hydrogens is 422 g/mol. The molecule has 0 bridgehead atoms. The highest BCUT2D eigenvalue weighted by atomic mass is 32.1. The van der Waals surface area contributed by atoms with Gasteiger partial charge in [0.05, 0.1) is 28.4 Å². The van der Waals surface area contributed by atoms with Crippen LogP contribution in [0.15, 0.2) is 40.6 Å². The number of nitrogens with zero attached hydrogens (tertiary/aromatic N) is 4. The van der Waals surface area contributed by atoms with Gasteiger partial charge in [-0.2, -0.15) is 0 Å². The molecule has 3 aromatic heterocycles. The Morgan fingerprint density at radius 1 is 1.28 bits per heavy atom. The average Bonchev–Trinajstić information content (AvgIpc) is 3.35. The van der Waals surface area contributed by atoms with Gasteiger partial charge in [-0.3, -0.25) is 19.5 Å². The lowest BCUT2D eigenvalue weighted by atomic mass is 9.96. The summed E-state index contributed by atoms with van der Waals surface area (Å²) in [5.74, 6) is 0.979. The second-order valence-corrected chi connectivity index (χ2v) is 9.62. The van der Waals surface area contributed by atoms with Crippen LogP contribution in [0.5, 0.6) is 0 Å². The SMILES string of the molecule is Cc1cccnc1CN1CCCC(c2nc3c(c(=O)[nH]2)CN(C(=O)c2cccs2)CC3)C1. The molecule has 32 heavy (non-hydrogen) atoms. The molecule has 3 aromatic rings. The van der Waals surface area contributed by atoms with E-state index in [1.807, 2.05) is 29.8 Å². The van der Waals surface area contributed by atoms with Gasteiger partial charge in [-0.1, -0.05) is 12.1 Å². The molecule has 0 radical (unpaired) electrons. The van der Waals surface area contributed by atoms with E-state index in [9.17, 15) is 9.59 Å². The number of rotatable bonds is 4. The molecule has 0 aliphatic carbocycles. The lowest BCUT2D eigenvalue weighted by Gasteiger charge is -2.33. The van der Waals surface area contributed by atoms with Gasteiger partial charge in [0.15, 0.2) is 0 Å². The second-order valence-electron chi connectivity index (χ2n) is 8.67. The maximum absolute atomic E-state index is 12.9. The third-order valence-corrected chi connectivity index (χ3v) is 7.35. The first-order valence-corrected chi connectivity index (χ1v) is 12.0. The number of nitrogens with one attached hydrogen (secondary N) is 1. The van der Waals surface area contributed by atoms with Crippen molar-refractivity contribution in [1.82, 2.24) is 24.8 Å². The molecule has 1 fully saturated rings. The van der Waals surface area contributed by atoms with Crippen molar-refractivity contribution in [3.05, 3.63) is 79.4 Å². The van der Waals surface area contributed by atoms with E-state index in [2.05, 4.69) is 27.9 Å². The minimum Gasteiger partial charge on any atom is -0.333 e. The van der Waals surface area contributed by atoms with E-state index in [1.165, 1.54) is 16.9 Å². The molecule has 0 aromatic carbocycles. The predicted octanol–water partition coefficient (Wildman–Crippen LogP) is 3.11. The number of hydrogen-bond donors (Lipinski definition) is 1. The van der Waals surface area contributed by atoms with E-state index < -0.39 is 0 Å². The monoisotopic (exact) mass is 449 g/mol. The molecule has 2 aliphatic rings. The third kappa shape index (κ3) is 4.25. The molecule has 0 spiro atoms. The lowest BCUT2D eigenvalue weighted by Crippen LogP contribution is -2.40. The van der Waals surface area contributed by atoms with Crippen LogP contribution in [0.3, 0.4) is 0 Å². The number of amides is 1. The third-order valence-electron chi connectivity index (χ3n) is 6.49. The average molecular weight is 450 g/mol. The number of carbonyl (C=O) groups is 1. The molecule has 1 unspecified atom stereocenters. The molecule has 8 heteroatoms. The van der Waals surface area contributed by atoms with Crippen molar-refractivity contribution in [1.29, 1.82) is 0 Å². The Bertz CT molecular complexity index is 1170. The Labute approximate surface area is 191 Å². The molecule has 7 nitrogen and oxygen atoms in total. The fourth-order valence-corrected chi connectivity index (χ4v) is 5.38. The van der Waals surface area contributed by atoms with E-state index in [1.54, 1.807) is 4.90 Å². The first-order valence-electron chi connectivity index (χ1n) is 11.2. The van der Waals surface area contributed by atoms with Crippen LogP contribution >= 0.6 is 11.3 Å². The van der Waals surface area contributed by atoms with Crippen LogP contribution in [0, 0.1) is 6.92 Å². The van der Waals surface area contributed by atoms with Gasteiger partial charge in [-0.25, -0.2) is 4.98 Å². The Balaban J connectivity index is 1.31. The van der Waals surface area contributed by atoms with Gasteiger partial charge in [0.2, 0.25) is 0 Å². The molecule has 5 heterocycles. The van der Waals surface area contributed by atoms with Crippen molar-refractivity contribution in [2.24, 2.45) is 0 Å². The molecule has 166 valence electrons. The quantitative estimate of drug-likeness (QED) is 0.662. The van der Waals surface area contributed by atoms with Crippen LogP contribution in [0.4, 0.5) is 0 Å². The van der Waals surface area contributed by atoms with Gasteiger partial charge in [-0.05, 0) is 49.4 Å². The van der Waals surface area contributed by atoms with Crippen LogP contribution in [-0.2, 0) is 19.5 Å². The number of aromatic nitrogens is 3. The maximum Gasteiger partial charge on any atom is 0.264 e. The summed E-state index contributed by atoms with van der Waals surface area (Å²) in [6.45, 7) is 5.72. The first-order chi connectivity index (χ1) is 15.6. The van der Waals surface area contributed by atoms with Gasteiger partial charge in [-0.15, -0.1) is 11.3 Å². The Morgan fingerprint density at radius 2 is 2.19 bits per heavy atom. The standard InChI is InChI=1S/C24H27N5O2S/c1-16-5-2-9-25-20(16)15-28-10-3-6-17(13-28)22-26-19-8-11-29(14-18(19)23(30)27-22)24(31)21-7-4-12-32-21/h2,4-5,7,9,12,17H,3,6,8,10-11,13-15H2,1H3,(H,26,27,30). The van der Waals surface area contributed by atoms with Crippen LogP contribution in [0.25, 0.3) is 0 Å². The van der Waals surface area contributed by atoms with Gasteiger partial charge >= 0.3 is 0 Å². The summed E-state index contributed by atoms with van der Waals surface area (Å²) < 4.78 is 0. The summed E-state index contributed by atoms with van der Waals surface area (Å²) in [6.07, 6.45) is 4.55. The summed E-state index contributed by atoms with van der Waals surface area (Å²) in [4.78, 5) is 43.0. The highest BCUT2D eigenvalue weighted by Gasteiger charge is 2.29. The number of piperidine rings is 1. The van der Waals surface area contributed by atoms with Crippen LogP contribution in [0.2, 0.25) is 0 Å². The molecule has 1 amide bonds. The fraction of sp³-hybridized carbons (Fsp3) is 0.417. The highest BCUT2D eigenvalue weighted by Crippen LogP contribution is 2.27. The number of aromatic amines is 1. The van der Waals surface area contributed by atoms with E-state index in [4.69, 9.17) is 4.98 Å². The first kappa shape index (κ1) is 21.0. The fourth-order valence-electron chi connectivity index (χ4n) is 4.69. The zero-order valence-electron chi connectivity index (χ0n) is 18.2. The molecule has 2 aliphatic heterocycles. The Morgan fingerprint density at radius 3 is 3.00 bits per heavy atom. The molecule has 1 atom stereocenters. The van der Waals surface area contributed by atoms with Gasteiger partial charge in [0.1, 0.15) is 5.82 Å². The van der Waals surface area contributed by atoms with Crippen LogP contribution in [-0.4, -0.2) is 50.3 Å². The second kappa shape index (κ2) is 8.96. The molecule has 0 saturated carbocycles. The van der Waals surface area contributed by atoms with E-state index >= 15 is 0 Å². The highest BCUT2D eigenvalue weighted by molar-refractivity contribution is 7.12. The molecular formula is C24H27N5O2S. The Kier molecular flexibility index (Phi) is 5.89. The number of fused-ring (bicyclic) bond motifs is 1. The largest absolute Gasteiger partial charge is 0.333 e. The van der Waals surface area contributed by atoms with E-state index in [0.717, 1.165) is 49.7 Å². The van der Waals surface area contributed by atoms with Crippen molar-refractivity contribution in [2.45, 2.75) is 45.2 Å². The predicted molar refractivity (Wildman–Crippen MR) is 124 cm³/mol. The number of hydrogen-bond acceptors (Lipinski definition) is 6. The summed E-state index contributed by atoms with van der Waals surface area (Å²) in [6, 6.07) is 7.77. The van der Waals surface area contributed by atoms with Crippen LogP contribution in [0.1, 0.15) is 56.8 Å². The lowest BCUT2D eigenvalue weighted by molar-refractivity contribution is 0.0737. The number of likely N-dealkylation sites (tertiary alicyclic amines) is 1. The summed E-state index contributed by atoms with van der Waals surface area (Å²) in [7, 11) is 0. The zero-order chi connectivity index (χ0) is 22.1. The topological polar surface area (TPSA) is 82.2 Å². The number of aryl methyl sites for hydroxylation is 1. The molecule has 1 saturated heterocycles. The van der Waals surface area contributed by atoms with E-state index in [0.29, 0.717) is 30.0 Å². The summed E-state index contributed by atoms with van der Waals surface area (Å²) >= 11 is 1.43. The molecule has 5 rings (SSSR count). The Hall–Kier alpha value is -2.84. The number of pyridine rings is 1. The number of carbonyl (C=O) groups excluding carboxylic acids is 1. The summed E-state index contributed by atoms with van der Waals surface area (Å²) in [5.41, 5.74) is 3.68. The number of H-pyrrole nitrogens is 1. The summed E-state index contributed by atoms with van der Waals surface area (Å²) in [5, 5.41) is 1.90. The van der Waals surface area contributed by atoms with Crippen molar-refractivity contribution in [2.75, 3.05) is 19.6 Å². The minimum absolute atomic E-state index is 0.0122. The normalized spacial score (nSPS) is 19.0. The van der Waals surface area contributed by atoms with Crippen molar-refractivity contribution >= 4 is 17.2 Å². The number of thiophene rings is 1. The van der Waals surface area contributed by atoms with Gasteiger partial charge < -0.3 is 9.88 Å².